The number of anilines is 1. The summed E-state index contributed by atoms with van der Waals surface area (Å²) in [5.41, 5.74) is 2.12. The Balaban J connectivity index is 1.43. The van der Waals surface area contributed by atoms with Crippen LogP contribution in [0.1, 0.15) is 42.5 Å². The number of aromatic nitrogens is 1. The zero-order chi connectivity index (χ0) is 22.7. The van der Waals surface area contributed by atoms with Crippen LogP contribution in [0.2, 0.25) is 0 Å². The van der Waals surface area contributed by atoms with Gasteiger partial charge in [-0.3, -0.25) is 10.1 Å². The Morgan fingerprint density at radius 1 is 1.06 bits per heavy atom. The number of nitrogens with zero attached hydrogens (tertiary/aromatic N) is 2. The van der Waals surface area contributed by atoms with Crippen LogP contribution in [0.5, 0.6) is 0 Å². The Hall–Kier alpha value is -2.07. The third-order valence-corrected chi connectivity index (χ3v) is 8.96. The van der Waals surface area contributed by atoms with Crippen molar-refractivity contribution in [3.63, 3.8) is 0 Å². The Labute approximate surface area is 200 Å². The van der Waals surface area contributed by atoms with E-state index in [2.05, 4.69) is 26.2 Å². The van der Waals surface area contributed by atoms with Crippen LogP contribution in [-0.2, 0) is 10.0 Å². The summed E-state index contributed by atoms with van der Waals surface area (Å²) in [7, 11) is -1.93. The molecule has 1 aromatic heterocycles. The van der Waals surface area contributed by atoms with Crippen molar-refractivity contribution in [3.05, 3.63) is 63.9 Å². The summed E-state index contributed by atoms with van der Waals surface area (Å²) < 4.78 is 28.4. The van der Waals surface area contributed by atoms with E-state index in [4.69, 9.17) is 0 Å². The first-order valence-corrected chi connectivity index (χ1v) is 13.6. The van der Waals surface area contributed by atoms with Gasteiger partial charge in [-0.1, -0.05) is 47.3 Å². The molecule has 32 heavy (non-hydrogen) atoms. The van der Waals surface area contributed by atoms with Gasteiger partial charge in [0.1, 0.15) is 0 Å². The number of carbonyl (C=O) groups excluding carboxylic acids is 1. The van der Waals surface area contributed by atoms with Crippen LogP contribution in [0.4, 0.5) is 5.13 Å². The highest BCUT2D eigenvalue weighted by Crippen LogP contribution is 2.28. The number of carbonyl (C=O) groups is 1. The molecule has 0 atom stereocenters. The number of halogens is 1. The maximum Gasteiger partial charge on any atom is 0.257 e. The van der Waals surface area contributed by atoms with E-state index >= 15 is 0 Å². The standard InChI is InChI=1S/C23H24BrN3O3S2/c1-27(19-5-3-2-4-6-19)32(29,30)20-13-9-17(10-14-20)22(28)26-23-25-21(15-31-23)16-7-11-18(24)12-8-16/h7-15,19H,2-6H2,1H3,(H,25,26,28). The van der Waals surface area contributed by atoms with Crippen molar-refractivity contribution in [1.29, 1.82) is 0 Å². The molecular formula is C23H24BrN3O3S2. The number of hydrogen-bond acceptors (Lipinski definition) is 5. The number of sulfonamides is 1. The lowest BCUT2D eigenvalue weighted by atomic mass is 9.96. The van der Waals surface area contributed by atoms with E-state index in [1.54, 1.807) is 19.2 Å². The van der Waals surface area contributed by atoms with Gasteiger partial charge in [-0.2, -0.15) is 4.31 Å². The maximum absolute atomic E-state index is 13.0. The van der Waals surface area contributed by atoms with Crippen LogP contribution >= 0.6 is 27.3 Å². The fourth-order valence-corrected chi connectivity index (χ4v) is 6.23. The zero-order valence-electron chi connectivity index (χ0n) is 17.6. The third kappa shape index (κ3) is 5.11. The number of rotatable bonds is 6. The van der Waals surface area contributed by atoms with E-state index in [0.29, 0.717) is 10.7 Å². The first kappa shape index (κ1) is 23.1. The van der Waals surface area contributed by atoms with Gasteiger partial charge in [0.05, 0.1) is 10.6 Å². The molecule has 0 unspecified atom stereocenters. The molecule has 2 aromatic carbocycles. The van der Waals surface area contributed by atoms with Gasteiger partial charge in [-0.05, 0) is 49.2 Å². The molecule has 0 spiro atoms. The monoisotopic (exact) mass is 533 g/mol. The average molecular weight is 535 g/mol. The molecule has 168 valence electrons. The fraction of sp³-hybridized carbons (Fsp3) is 0.304. The molecule has 3 aromatic rings. The minimum atomic E-state index is -3.58. The van der Waals surface area contributed by atoms with Gasteiger partial charge in [-0.15, -0.1) is 11.3 Å². The van der Waals surface area contributed by atoms with E-state index in [-0.39, 0.29) is 16.8 Å². The molecule has 0 bridgehead atoms. The summed E-state index contributed by atoms with van der Waals surface area (Å²) in [5, 5.41) is 5.16. The number of amides is 1. The van der Waals surface area contributed by atoms with E-state index in [1.165, 1.54) is 27.8 Å². The van der Waals surface area contributed by atoms with Crippen LogP contribution < -0.4 is 5.32 Å². The number of benzene rings is 2. The highest BCUT2D eigenvalue weighted by Gasteiger charge is 2.29. The van der Waals surface area contributed by atoms with Crippen molar-refractivity contribution in [3.8, 4) is 11.3 Å². The Morgan fingerprint density at radius 2 is 1.72 bits per heavy atom. The van der Waals surface area contributed by atoms with E-state index < -0.39 is 10.0 Å². The third-order valence-electron chi connectivity index (χ3n) is 5.75. The second kappa shape index (κ2) is 9.82. The fourth-order valence-electron chi connectivity index (χ4n) is 3.84. The van der Waals surface area contributed by atoms with Crippen molar-refractivity contribution < 1.29 is 13.2 Å². The molecule has 9 heteroatoms. The molecule has 0 saturated heterocycles. The van der Waals surface area contributed by atoms with Crippen LogP contribution in [0, 0.1) is 0 Å². The van der Waals surface area contributed by atoms with Gasteiger partial charge in [0, 0.05) is 34.1 Å². The summed E-state index contributed by atoms with van der Waals surface area (Å²) in [4.78, 5) is 17.3. The molecule has 4 rings (SSSR count). The van der Waals surface area contributed by atoms with Crippen LogP contribution in [-0.4, -0.2) is 36.7 Å². The van der Waals surface area contributed by atoms with Crippen molar-refractivity contribution in [2.24, 2.45) is 0 Å². The number of thiazole rings is 1. The number of nitrogens with one attached hydrogen (secondary N) is 1. The first-order chi connectivity index (χ1) is 15.3. The van der Waals surface area contributed by atoms with Gasteiger partial charge in [-0.25, -0.2) is 13.4 Å². The zero-order valence-corrected chi connectivity index (χ0v) is 20.8. The predicted octanol–water partition coefficient (Wildman–Crippen LogP) is 5.78. The smallest absolute Gasteiger partial charge is 0.257 e. The van der Waals surface area contributed by atoms with Gasteiger partial charge in [0.15, 0.2) is 5.13 Å². The Kier molecular flexibility index (Phi) is 7.09. The van der Waals surface area contributed by atoms with E-state index in [1.807, 2.05) is 29.6 Å². The van der Waals surface area contributed by atoms with E-state index in [9.17, 15) is 13.2 Å². The lowest BCUT2D eigenvalue weighted by molar-refractivity contribution is 0.102. The largest absolute Gasteiger partial charge is 0.298 e. The second-order valence-corrected chi connectivity index (χ2v) is 11.6. The summed E-state index contributed by atoms with van der Waals surface area (Å²) in [6.45, 7) is 0. The topological polar surface area (TPSA) is 79.4 Å². The summed E-state index contributed by atoms with van der Waals surface area (Å²) >= 11 is 4.75. The van der Waals surface area contributed by atoms with Gasteiger partial charge in [0.25, 0.3) is 5.91 Å². The average Bonchev–Trinajstić information content (AvgIpc) is 3.28. The summed E-state index contributed by atoms with van der Waals surface area (Å²) in [6.07, 6.45) is 5.07. The van der Waals surface area contributed by atoms with Gasteiger partial charge < -0.3 is 0 Å². The molecule has 1 N–H and O–H groups in total. The maximum atomic E-state index is 13.0. The van der Waals surface area contributed by atoms with Crippen molar-refractivity contribution in [2.45, 2.75) is 43.0 Å². The molecule has 0 aliphatic heterocycles. The molecule has 1 fully saturated rings. The van der Waals surface area contributed by atoms with E-state index in [0.717, 1.165) is 47.8 Å². The van der Waals surface area contributed by atoms with Crippen molar-refractivity contribution in [1.82, 2.24) is 9.29 Å². The molecular weight excluding hydrogens is 510 g/mol. The lowest BCUT2D eigenvalue weighted by Gasteiger charge is -2.30. The highest BCUT2D eigenvalue weighted by atomic mass is 79.9. The molecule has 1 aliphatic carbocycles. The Bertz CT molecular complexity index is 1190. The molecule has 1 saturated carbocycles. The van der Waals surface area contributed by atoms with Crippen LogP contribution in [0.25, 0.3) is 11.3 Å². The predicted molar refractivity (Wildman–Crippen MR) is 131 cm³/mol. The lowest BCUT2D eigenvalue weighted by Crippen LogP contribution is -2.38. The molecule has 0 radical (unpaired) electrons. The molecule has 1 heterocycles. The van der Waals surface area contributed by atoms with Gasteiger partial charge >= 0.3 is 0 Å². The number of hydrogen-bond donors (Lipinski definition) is 1. The second-order valence-electron chi connectivity index (χ2n) is 7.84. The minimum Gasteiger partial charge on any atom is -0.298 e. The Morgan fingerprint density at radius 3 is 2.38 bits per heavy atom. The van der Waals surface area contributed by atoms with Gasteiger partial charge in [0.2, 0.25) is 10.0 Å². The molecule has 1 aliphatic rings. The molecule has 6 nitrogen and oxygen atoms in total. The SMILES string of the molecule is CN(C1CCCCC1)S(=O)(=O)c1ccc(C(=O)Nc2nc(-c3ccc(Br)cc3)cs2)cc1. The first-order valence-electron chi connectivity index (χ1n) is 10.5. The van der Waals surface area contributed by atoms with Crippen LogP contribution in [0.15, 0.2) is 63.3 Å². The summed E-state index contributed by atoms with van der Waals surface area (Å²) in [6, 6.07) is 13.9. The van der Waals surface area contributed by atoms with Crippen molar-refractivity contribution in [2.75, 3.05) is 12.4 Å². The highest BCUT2D eigenvalue weighted by molar-refractivity contribution is 9.10. The minimum absolute atomic E-state index is 0.0431. The van der Waals surface area contributed by atoms with Crippen molar-refractivity contribution >= 4 is 48.3 Å². The quantitative estimate of drug-likeness (QED) is 0.435. The normalized spacial score (nSPS) is 15.1. The molecule has 1 amide bonds. The summed E-state index contributed by atoms with van der Waals surface area (Å²) in [5.74, 6) is -0.328. The van der Waals surface area contributed by atoms with Crippen LogP contribution in [0.3, 0.4) is 0 Å².